The highest BCUT2D eigenvalue weighted by atomic mass is 32.2. The van der Waals surface area contributed by atoms with Crippen molar-refractivity contribution in [1.82, 2.24) is 5.32 Å². The van der Waals surface area contributed by atoms with Gasteiger partial charge in [-0.05, 0) is 49.5 Å². The lowest BCUT2D eigenvalue weighted by molar-refractivity contribution is -0.141. The lowest BCUT2D eigenvalue weighted by atomic mass is 10.1. The molecule has 6 heteroatoms. The fourth-order valence-electron chi connectivity index (χ4n) is 1.89. The average molecular weight is 325 g/mol. The van der Waals surface area contributed by atoms with E-state index in [0.717, 1.165) is 16.9 Å². The zero-order chi connectivity index (χ0) is 16.5. The van der Waals surface area contributed by atoms with Crippen molar-refractivity contribution >= 4 is 23.6 Å². The second kappa shape index (κ2) is 9.35. The molecule has 0 saturated carbocycles. The van der Waals surface area contributed by atoms with Crippen LogP contribution in [-0.4, -0.2) is 41.6 Å². The van der Waals surface area contributed by atoms with Crippen LogP contribution in [-0.2, 0) is 9.59 Å². The molecule has 1 unspecified atom stereocenters. The van der Waals surface area contributed by atoms with Gasteiger partial charge in [0, 0.05) is 0 Å². The first-order chi connectivity index (χ1) is 10.5. The van der Waals surface area contributed by atoms with E-state index >= 15 is 0 Å². The summed E-state index contributed by atoms with van der Waals surface area (Å²) in [6, 6.07) is 4.93. The summed E-state index contributed by atoms with van der Waals surface area (Å²) < 4.78 is 5.60. The molecule has 1 aromatic carbocycles. The zero-order valence-electron chi connectivity index (χ0n) is 13.2. The molecule has 1 rings (SSSR count). The van der Waals surface area contributed by atoms with Crippen molar-refractivity contribution in [2.75, 3.05) is 18.6 Å². The molecule has 0 heterocycles. The lowest BCUT2D eigenvalue weighted by Crippen LogP contribution is -2.41. The number of nitrogens with one attached hydrogen (secondary N) is 1. The third-order valence-electron chi connectivity index (χ3n) is 3.39. The van der Waals surface area contributed by atoms with Gasteiger partial charge in [-0.25, -0.2) is 4.79 Å². The Kier molecular flexibility index (Phi) is 7.80. The summed E-state index contributed by atoms with van der Waals surface area (Å²) in [7, 11) is 0. The van der Waals surface area contributed by atoms with Crippen molar-refractivity contribution in [2.24, 2.45) is 0 Å². The van der Waals surface area contributed by atoms with Crippen LogP contribution >= 0.6 is 11.8 Å². The van der Waals surface area contributed by atoms with Gasteiger partial charge in [0.25, 0.3) is 0 Å². The molecule has 0 saturated heterocycles. The van der Waals surface area contributed by atoms with Crippen LogP contribution in [0.15, 0.2) is 18.2 Å². The number of amides is 1. The Hall–Kier alpha value is -1.69. The smallest absolute Gasteiger partial charge is 0.326 e. The van der Waals surface area contributed by atoms with Crippen LogP contribution in [0.5, 0.6) is 5.75 Å². The van der Waals surface area contributed by atoms with Crippen LogP contribution in [0, 0.1) is 13.8 Å². The number of carbonyl (C=O) groups excluding carboxylic acids is 1. The Bertz CT molecular complexity index is 519. The highest BCUT2D eigenvalue weighted by molar-refractivity contribution is 7.98. The maximum Gasteiger partial charge on any atom is 0.326 e. The molecule has 1 aromatic rings. The minimum Gasteiger partial charge on any atom is -0.493 e. The largest absolute Gasteiger partial charge is 0.493 e. The quantitative estimate of drug-likeness (QED) is 0.729. The van der Waals surface area contributed by atoms with E-state index in [4.69, 9.17) is 9.84 Å². The van der Waals surface area contributed by atoms with E-state index in [9.17, 15) is 9.59 Å². The van der Waals surface area contributed by atoms with Crippen molar-refractivity contribution in [1.29, 1.82) is 0 Å². The predicted molar refractivity (Wildman–Crippen MR) is 88.6 cm³/mol. The predicted octanol–water partition coefficient (Wildman–Crippen LogP) is 2.39. The van der Waals surface area contributed by atoms with Crippen LogP contribution in [0.25, 0.3) is 0 Å². The number of thioether (sulfide) groups is 1. The standard InChI is InChI=1S/C16H23NO4S/c1-11-5-4-6-14(12(11)2)21-9-7-15(18)17-13(16(19)20)8-10-22-3/h4-6,13H,7-10H2,1-3H3,(H,17,18)(H,19,20). The Labute approximate surface area is 135 Å². The fraction of sp³-hybridized carbons (Fsp3) is 0.500. The number of carboxylic acid groups (broad SMARTS) is 1. The van der Waals surface area contributed by atoms with E-state index in [2.05, 4.69) is 5.32 Å². The first-order valence-electron chi connectivity index (χ1n) is 7.15. The number of carbonyl (C=O) groups is 2. The van der Waals surface area contributed by atoms with Gasteiger partial charge in [-0.2, -0.15) is 11.8 Å². The molecule has 0 aliphatic heterocycles. The van der Waals surface area contributed by atoms with Crippen molar-refractivity contribution in [3.8, 4) is 5.75 Å². The molecule has 22 heavy (non-hydrogen) atoms. The number of rotatable bonds is 9. The van der Waals surface area contributed by atoms with E-state index < -0.39 is 12.0 Å². The Morgan fingerprint density at radius 2 is 2.09 bits per heavy atom. The van der Waals surface area contributed by atoms with Crippen molar-refractivity contribution in [3.63, 3.8) is 0 Å². The van der Waals surface area contributed by atoms with Gasteiger partial charge in [-0.3, -0.25) is 4.79 Å². The van der Waals surface area contributed by atoms with E-state index in [0.29, 0.717) is 12.2 Å². The van der Waals surface area contributed by atoms with E-state index in [-0.39, 0.29) is 18.9 Å². The van der Waals surface area contributed by atoms with Crippen molar-refractivity contribution < 1.29 is 19.4 Å². The summed E-state index contributed by atoms with van der Waals surface area (Å²) in [6.07, 6.45) is 2.45. The van der Waals surface area contributed by atoms with Gasteiger partial charge in [0.05, 0.1) is 13.0 Å². The fourth-order valence-corrected chi connectivity index (χ4v) is 2.37. The van der Waals surface area contributed by atoms with Crippen LogP contribution in [0.1, 0.15) is 24.0 Å². The molecule has 0 aliphatic rings. The zero-order valence-corrected chi connectivity index (χ0v) is 14.0. The van der Waals surface area contributed by atoms with Gasteiger partial charge >= 0.3 is 5.97 Å². The number of benzene rings is 1. The van der Waals surface area contributed by atoms with Crippen LogP contribution in [0.3, 0.4) is 0 Å². The average Bonchev–Trinajstić information content (AvgIpc) is 2.47. The minimum atomic E-state index is -1.00. The highest BCUT2D eigenvalue weighted by Gasteiger charge is 2.19. The van der Waals surface area contributed by atoms with Gasteiger partial charge < -0.3 is 15.2 Å². The molecular formula is C16H23NO4S. The van der Waals surface area contributed by atoms with Crippen LogP contribution in [0.2, 0.25) is 0 Å². The number of aryl methyl sites for hydroxylation is 1. The molecule has 2 N–H and O–H groups in total. The normalized spacial score (nSPS) is 11.8. The molecule has 5 nitrogen and oxygen atoms in total. The van der Waals surface area contributed by atoms with E-state index in [1.165, 1.54) is 0 Å². The number of hydrogen-bond acceptors (Lipinski definition) is 4. The number of aliphatic carboxylic acids is 1. The molecule has 0 radical (unpaired) electrons. The van der Waals surface area contributed by atoms with Crippen molar-refractivity contribution in [2.45, 2.75) is 32.7 Å². The Morgan fingerprint density at radius 1 is 1.36 bits per heavy atom. The van der Waals surface area contributed by atoms with Gasteiger partial charge in [0.15, 0.2) is 0 Å². The number of ether oxygens (including phenoxy) is 1. The summed E-state index contributed by atoms with van der Waals surface area (Å²) in [5, 5.41) is 11.6. The first kappa shape index (κ1) is 18.4. The van der Waals surface area contributed by atoms with E-state index in [1.807, 2.05) is 38.3 Å². The molecule has 0 bridgehead atoms. The Balaban J connectivity index is 2.42. The maximum absolute atomic E-state index is 11.8. The minimum absolute atomic E-state index is 0.135. The molecule has 122 valence electrons. The van der Waals surface area contributed by atoms with Crippen LogP contribution in [0.4, 0.5) is 0 Å². The summed E-state index contributed by atoms with van der Waals surface area (Å²) in [4.78, 5) is 22.9. The summed E-state index contributed by atoms with van der Waals surface area (Å²) >= 11 is 1.55. The second-order valence-corrected chi connectivity index (χ2v) is 6.02. The first-order valence-corrected chi connectivity index (χ1v) is 8.55. The summed E-state index contributed by atoms with van der Waals surface area (Å²) in [5.74, 6) is 0.137. The number of hydrogen-bond donors (Lipinski definition) is 2. The molecule has 0 aliphatic carbocycles. The van der Waals surface area contributed by atoms with Gasteiger partial charge in [0.1, 0.15) is 11.8 Å². The third-order valence-corrected chi connectivity index (χ3v) is 4.03. The Morgan fingerprint density at radius 3 is 2.73 bits per heavy atom. The SMILES string of the molecule is CSCCC(NC(=O)CCOc1cccc(C)c1C)C(=O)O. The molecular weight excluding hydrogens is 302 g/mol. The summed E-state index contributed by atoms with van der Waals surface area (Å²) in [6.45, 7) is 4.19. The number of carboxylic acids is 1. The second-order valence-electron chi connectivity index (χ2n) is 5.04. The molecule has 0 aromatic heterocycles. The summed E-state index contributed by atoms with van der Waals surface area (Å²) in [5.41, 5.74) is 2.18. The molecule has 1 atom stereocenters. The highest BCUT2D eigenvalue weighted by Crippen LogP contribution is 2.20. The van der Waals surface area contributed by atoms with Gasteiger partial charge in [0.2, 0.25) is 5.91 Å². The van der Waals surface area contributed by atoms with E-state index in [1.54, 1.807) is 11.8 Å². The van der Waals surface area contributed by atoms with Crippen LogP contribution < -0.4 is 10.1 Å². The lowest BCUT2D eigenvalue weighted by Gasteiger charge is -2.14. The monoisotopic (exact) mass is 325 g/mol. The molecule has 0 fully saturated rings. The maximum atomic E-state index is 11.8. The van der Waals surface area contributed by atoms with Gasteiger partial charge in [-0.1, -0.05) is 12.1 Å². The topological polar surface area (TPSA) is 75.6 Å². The van der Waals surface area contributed by atoms with Crippen molar-refractivity contribution in [3.05, 3.63) is 29.3 Å². The van der Waals surface area contributed by atoms with Gasteiger partial charge in [-0.15, -0.1) is 0 Å². The third kappa shape index (κ3) is 5.97. The molecule has 1 amide bonds. The molecule has 0 spiro atoms.